The molecule has 1 unspecified atom stereocenters. The molecular formula is C25H23P. The Bertz CT molecular complexity index is 883. The van der Waals surface area contributed by atoms with Gasteiger partial charge in [0, 0.05) is 5.66 Å². The molecule has 26 heavy (non-hydrogen) atoms. The third-order valence-corrected chi connectivity index (χ3v) is 7.80. The van der Waals surface area contributed by atoms with Crippen molar-refractivity contribution < 1.29 is 0 Å². The molecule has 0 aliphatic heterocycles. The third-order valence-electron chi connectivity index (χ3n) is 4.96. The smallest absolute Gasteiger partial charge is 0.0339 e. The van der Waals surface area contributed by atoms with E-state index in [1.165, 1.54) is 27.3 Å². The fraction of sp³-hybridized carbons (Fsp3) is 0.120. The van der Waals surface area contributed by atoms with Crippen LogP contribution in [0.3, 0.4) is 0 Å². The maximum Gasteiger partial charge on any atom is 0.0339 e. The number of rotatable bonds is 5. The van der Waals surface area contributed by atoms with E-state index in [9.17, 15) is 0 Å². The highest BCUT2D eigenvalue weighted by Crippen LogP contribution is 2.55. The second-order valence-corrected chi connectivity index (χ2v) is 8.96. The lowest BCUT2D eigenvalue weighted by Gasteiger charge is -2.31. The van der Waals surface area contributed by atoms with Gasteiger partial charge in [-0.05, 0) is 43.0 Å². The van der Waals surface area contributed by atoms with Gasteiger partial charge in [0.05, 0.1) is 0 Å². The van der Waals surface area contributed by atoms with Gasteiger partial charge in [0.2, 0.25) is 0 Å². The lowest BCUT2D eigenvalue weighted by atomic mass is 9.99. The molecule has 4 rings (SSSR count). The summed E-state index contributed by atoms with van der Waals surface area (Å²) in [7, 11) is -0.526. The molecule has 0 amide bonds. The summed E-state index contributed by atoms with van der Waals surface area (Å²) in [5.41, 5.74) is 4.77. The van der Waals surface area contributed by atoms with Gasteiger partial charge in [-0.1, -0.05) is 109 Å². The van der Waals surface area contributed by atoms with Crippen molar-refractivity contribution in [2.75, 3.05) is 0 Å². The molecule has 0 aromatic heterocycles. The predicted octanol–water partition coefficient (Wildman–Crippen LogP) is 6.06. The summed E-state index contributed by atoms with van der Waals surface area (Å²) < 4.78 is 0. The fourth-order valence-corrected chi connectivity index (χ4v) is 6.66. The minimum absolute atomic E-state index is 0.408. The van der Waals surface area contributed by atoms with Crippen LogP contribution in [0.4, 0.5) is 0 Å². The molecule has 1 heteroatoms. The molecule has 0 fully saturated rings. The Hall–Kier alpha value is -2.43. The average Bonchev–Trinajstić information content (AvgIpc) is 3.22. The molecule has 3 aromatic carbocycles. The Morgan fingerprint density at radius 1 is 0.731 bits per heavy atom. The molecular weight excluding hydrogens is 331 g/mol. The quantitative estimate of drug-likeness (QED) is 0.489. The first-order valence-corrected chi connectivity index (χ1v) is 10.6. The lowest BCUT2D eigenvalue weighted by Crippen LogP contribution is -2.18. The van der Waals surface area contributed by atoms with Crippen LogP contribution in [0.25, 0.3) is 0 Å². The average molecular weight is 354 g/mol. The SMILES string of the molecule is Cc1ccccc1C(C1=CC=CC1)P(c1ccccc1)c1ccccc1. The van der Waals surface area contributed by atoms with Crippen molar-refractivity contribution in [2.45, 2.75) is 19.0 Å². The number of benzene rings is 3. The van der Waals surface area contributed by atoms with Crippen LogP contribution in [0.5, 0.6) is 0 Å². The number of hydrogen-bond acceptors (Lipinski definition) is 0. The maximum absolute atomic E-state index is 2.33. The molecule has 128 valence electrons. The fourth-order valence-electron chi connectivity index (χ4n) is 3.69. The van der Waals surface area contributed by atoms with Gasteiger partial charge in [-0.2, -0.15) is 0 Å². The summed E-state index contributed by atoms with van der Waals surface area (Å²) in [6.45, 7) is 2.24. The van der Waals surface area contributed by atoms with Gasteiger partial charge in [-0.3, -0.25) is 0 Å². The first kappa shape index (κ1) is 17.0. The van der Waals surface area contributed by atoms with Crippen molar-refractivity contribution in [3.05, 3.63) is 120 Å². The molecule has 0 heterocycles. The van der Waals surface area contributed by atoms with Crippen LogP contribution in [-0.2, 0) is 0 Å². The molecule has 0 nitrogen and oxygen atoms in total. The van der Waals surface area contributed by atoms with Crippen LogP contribution < -0.4 is 10.6 Å². The zero-order chi connectivity index (χ0) is 17.8. The Morgan fingerprint density at radius 3 is 1.85 bits per heavy atom. The highest BCUT2D eigenvalue weighted by atomic mass is 31.1. The van der Waals surface area contributed by atoms with Gasteiger partial charge >= 0.3 is 0 Å². The van der Waals surface area contributed by atoms with E-state index in [4.69, 9.17) is 0 Å². The molecule has 1 atom stereocenters. The molecule has 3 aromatic rings. The van der Waals surface area contributed by atoms with Gasteiger partial charge in [-0.25, -0.2) is 0 Å². The summed E-state index contributed by atoms with van der Waals surface area (Å²) in [6, 6.07) is 31.0. The van der Waals surface area contributed by atoms with Crippen molar-refractivity contribution >= 4 is 18.5 Å². The summed E-state index contributed by atoms with van der Waals surface area (Å²) in [5, 5.41) is 2.88. The summed E-state index contributed by atoms with van der Waals surface area (Å²) in [5.74, 6) is 0. The highest BCUT2D eigenvalue weighted by Gasteiger charge is 2.30. The first-order chi connectivity index (χ1) is 12.8. The largest absolute Gasteiger partial charge is 0.0804 e. The van der Waals surface area contributed by atoms with Gasteiger partial charge in [0.15, 0.2) is 0 Å². The maximum atomic E-state index is 2.33. The normalized spacial score (nSPS) is 14.5. The Morgan fingerprint density at radius 2 is 1.31 bits per heavy atom. The molecule has 0 saturated carbocycles. The Labute approximate surface area is 157 Å². The van der Waals surface area contributed by atoms with Gasteiger partial charge in [-0.15, -0.1) is 0 Å². The minimum atomic E-state index is -0.526. The Kier molecular flexibility index (Phi) is 5.14. The van der Waals surface area contributed by atoms with Crippen molar-refractivity contribution in [1.29, 1.82) is 0 Å². The van der Waals surface area contributed by atoms with Crippen LogP contribution in [0.2, 0.25) is 0 Å². The van der Waals surface area contributed by atoms with Crippen molar-refractivity contribution in [3.63, 3.8) is 0 Å². The number of aryl methyl sites for hydroxylation is 1. The van der Waals surface area contributed by atoms with Crippen molar-refractivity contribution in [2.24, 2.45) is 0 Å². The van der Waals surface area contributed by atoms with Crippen LogP contribution in [0, 0.1) is 6.92 Å². The zero-order valence-electron chi connectivity index (χ0n) is 15.0. The Balaban J connectivity index is 1.91. The van der Waals surface area contributed by atoms with E-state index >= 15 is 0 Å². The topological polar surface area (TPSA) is 0 Å². The molecule has 0 spiro atoms. The van der Waals surface area contributed by atoms with Crippen LogP contribution in [0.1, 0.15) is 23.2 Å². The number of allylic oxidation sites excluding steroid dienone is 4. The van der Waals surface area contributed by atoms with E-state index in [-0.39, 0.29) is 0 Å². The third kappa shape index (κ3) is 3.43. The standard InChI is InChI=1S/C25H23P/c1-20-12-8-11-19-24(20)25(21-13-9-10-14-21)26(22-15-4-2-5-16-22)23-17-6-3-7-18-23/h2-13,15-19,25H,14H2,1H3. The minimum Gasteiger partial charge on any atom is -0.0804 e. The summed E-state index contributed by atoms with van der Waals surface area (Å²) in [6.07, 6.45) is 7.88. The molecule has 0 N–H and O–H groups in total. The van der Waals surface area contributed by atoms with E-state index in [0.29, 0.717) is 5.66 Å². The van der Waals surface area contributed by atoms with Crippen molar-refractivity contribution in [3.8, 4) is 0 Å². The van der Waals surface area contributed by atoms with E-state index in [0.717, 1.165) is 6.42 Å². The first-order valence-electron chi connectivity index (χ1n) is 9.15. The van der Waals surface area contributed by atoms with Gasteiger partial charge < -0.3 is 0 Å². The van der Waals surface area contributed by atoms with E-state index in [1.807, 2.05) is 0 Å². The molecule has 0 saturated heterocycles. The van der Waals surface area contributed by atoms with E-state index in [1.54, 1.807) is 0 Å². The number of hydrogen-bond donors (Lipinski definition) is 0. The lowest BCUT2D eigenvalue weighted by molar-refractivity contribution is 1.03. The monoisotopic (exact) mass is 354 g/mol. The van der Waals surface area contributed by atoms with Crippen LogP contribution in [0.15, 0.2) is 109 Å². The van der Waals surface area contributed by atoms with E-state index in [2.05, 4.69) is 110 Å². The van der Waals surface area contributed by atoms with Crippen molar-refractivity contribution in [1.82, 2.24) is 0 Å². The zero-order valence-corrected chi connectivity index (χ0v) is 15.9. The second-order valence-electron chi connectivity index (χ2n) is 6.67. The molecule has 1 aliphatic rings. The molecule has 0 radical (unpaired) electrons. The second kappa shape index (κ2) is 7.85. The molecule has 0 bridgehead atoms. The van der Waals surface area contributed by atoms with Crippen LogP contribution >= 0.6 is 7.92 Å². The van der Waals surface area contributed by atoms with E-state index < -0.39 is 7.92 Å². The summed E-state index contributed by atoms with van der Waals surface area (Å²) in [4.78, 5) is 0. The molecule has 1 aliphatic carbocycles. The van der Waals surface area contributed by atoms with Gasteiger partial charge in [0.25, 0.3) is 0 Å². The highest BCUT2D eigenvalue weighted by molar-refractivity contribution is 7.73. The predicted molar refractivity (Wildman–Crippen MR) is 115 cm³/mol. The summed E-state index contributed by atoms with van der Waals surface area (Å²) >= 11 is 0. The van der Waals surface area contributed by atoms with Crippen LogP contribution in [-0.4, -0.2) is 0 Å². The van der Waals surface area contributed by atoms with Gasteiger partial charge in [0.1, 0.15) is 0 Å².